The van der Waals surface area contributed by atoms with E-state index in [0.717, 1.165) is 37.5 Å². The minimum atomic E-state index is 0.490. The van der Waals surface area contributed by atoms with Crippen LogP contribution in [0.1, 0.15) is 70.0 Å². The monoisotopic (exact) mass is 251 g/mol. The molecule has 4 nitrogen and oxygen atoms in total. The van der Waals surface area contributed by atoms with E-state index in [1.807, 2.05) is 0 Å². The highest BCUT2D eigenvalue weighted by molar-refractivity contribution is 4.99. The van der Waals surface area contributed by atoms with E-state index in [2.05, 4.69) is 24.0 Å². The van der Waals surface area contributed by atoms with Crippen molar-refractivity contribution in [3.63, 3.8) is 0 Å². The van der Waals surface area contributed by atoms with Gasteiger partial charge in [-0.05, 0) is 50.5 Å². The van der Waals surface area contributed by atoms with Crippen LogP contribution in [0, 0.1) is 5.41 Å². The van der Waals surface area contributed by atoms with Gasteiger partial charge in [0.25, 0.3) is 0 Å². The molecule has 0 amide bonds. The topological polar surface area (TPSA) is 64.9 Å². The third-order valence-corrected chi connectivity index (χ3v) is 4.03. The Labute approximate surface area is 109 Å². The molecule has 0 spiro atoms. The van der Waals surface area contributed by atoms with E-state index in [1.54, 1.807) is 0 Å². The maximum atomic E-state index is 5.47. The van der Waals surface area contributed by atoms with Gasteiger partial charge in [0.15, 0.2) is 5.82 Å². The highest BCUT2D eigenvalue weighted by Gasteiger charge is 2.29. The number of hydrogen-bond acceptors (Lipinski definition) is 4. The average Bonchev–Trinajstić information content (AvgIpc) is 2.78. The molecule has 0 radical (unpaired) electrons. The molecule has 0 aromatic carbocycles. The zero-order chi connectivity index (χ0) is 13.0. The number of nitrogens with zero attached hydrogens (tertiary/aromatic N) is 2. The minimum Gasteiger partial charge on any atom is -0.339 e. The lowest BCUT2D eigenvalue weighted by Crippen LogP contribution is -2.20. The first-order valence-corrected chi connectivity index (χ1v) is 7.13. The quantitative estimate of drug-likeness (QED) is 0.817. The molecule has 1 aliphatic carbocycles. The Bertz CT molecular complexity index is 363. The van der Waals surface area contributed by atoms with Crippen LogP contribution in [0.25, 0.3) is 0 Å². The molecule has 1 saturated carbocycles. The maximum Gasteiger partial charge on any atom is 0.226 e. The third-order valence-electron chi connectivity index (χ3n) is 4.03. The van der Waals surface area contributed by atoms with Crippen molar-refractivity contribution in [2.45, 2.75) is 64.7 Å². The highest BCUT2D eigenvalue weighted by Crippen LogP contribution is 2.41. The van der Waals surface area contributed by atoms with Crippen LogP contribution in [0.15, 0.2) is 4.52 Å². The molecule has 4 heteroatoms. The highest BCUT2D eigenvalue weighted by atomic mass is 16.5. The second kappa shape index (κ2) is 5.83. The SMILES string of the molecule is CC1(C)CCC(c2noc(CCCCN)n2)CC1. The van der Waals surface area contributed by atoms with Gasteiger partial charge in [-0.2, -0.15) is 4.98 Å². The van der Waals surface area contributed by atoms with Crippen LogP contribution in [0.3, 0.4) is 0 Å². The van der Waals surface area contributed by atoms with Crippen molar-refractivity contribution in [3.05, 3.63) is 11.7 Å². The number of aryl methyl sites for hydroxylation is 1. The van der Waals surface area contributed by atoms with Crippen molar-refractivity contribution in [1.82, 2.24) is 10.1 Å². The molecular formula is C14H25N3O. The van der Waals surface area contributed by atoms with Crippen molar-refractivity contribution in [2.75, 3.05) is 6.54 Å². The predicted octanol–water partition coefficient (Wildman–Crippen LogP) is 3.03. The molecule has 1 aromatic heterocycles. The van der Waals surface area contributed by atoms with E-state index >= 15 is 0 Å². The lowest BCUT2D eigenvalue weighted by atomic mass is 9.73. The summed E-state index contributed by atoms with van der Waals surface area (Å²) < 4.78 is 5.31. The normalized spacial score (nSPS) is 20.2. The Kier molecular flexibility index (Phi) is 4.38. The average molecular weight is 251 g/mol. The Balaban J connectivity index is 1.86. The summed E-state index contributed by atoms with van der Waals surface area (Å²) in [6.45, 7) is 5.42. The molecule has 102 valence electrons. The fraction of sp³-hybridized carbons (Fsp3) is 0.857. The van der Waals surface area contributed by atoms with Gasteiger partial charge in [0, 0.05) is 12.3 Å². The summed E-state index contributed by atoms with van der Waals surface area (Å²) in [6, 6.07) is 0. The summed E-state index contributed by atoms with van der Waals surface area (Å²) in [7, 11) is 0. The number of hydrogen-bond donors (Lipinski definition) is 1. The minimum absolute atomic E-state index is 0.490. The molecule has 0 unspecified atom stereocenters. The first-order chi connectivity index (χ1) is 8.61. The summed E-state index contributed by atoms with van der Waals surface area (Å²) in [5.41, 5.74) is 5.96. The zero-order valence-corrected chi connectivity index (χ0v) is 11.6. The van der Waals surface area contributed by atoms with Gasteiger partial charge < -0.3 is 10.3 Å². The summed E-state index contributed by atoms with van der Waals surface area (Å²) >= 11 is 0. The molecule has 0 aliphatic heterocycles. The van der Waals surface area contributed by atoms with Gasteiger partial charge in [0.2, 0.25) is 5.89 Å². The molecule has 18 heavy (non-hydrogen) atoms. The van der Waals surface area contributed by atoms with Crippen molar-refractivity contribution in [1.29, 1.82) is 0 Å². The predicted molar refractivity (Wildman–Crippen MR) is 71.3 cm³/mol. The zero-order valence-electron chi connectivity index (χ0n) is 11.6. The second-order valence-electron chi connectivity index (χ2n) is 6.23. The fourth-order valence-electron chi connectivity index (χ4n) is 2.61. The van der Waals surface area contributed by atoms with E-state index < -0.39 is 0 Å². The second-order valence-corrected chi connectivity index (χ2v) is 6.23. The smallest absolute Gasteiger partial charge is 0.226 e. The standard InChI is InChI=1S/C14H25N3O/c1-14(2)8-6-11(7-9-14)13-16-12(18-17-13)5-3-4-10-15/h11H,3-10,15H2,1-2H3. The molecule has 2 rings (SSSR count). The fourth-order valence-corrected chi connectivity index (χ4v) is 2.61. The number of unbranched alkanes of at least 4 members (excludes halogenated alkanes) is 1. The third kappa shape index (κ3) is 3.55. The lowest BCUT2D eigenvalue weighted by molar-refractivity contribution is 0.218. The van der Waals surface area contributed by atoms with Crippen molar-refractivity contribution in [3.8, 4) is 0 Å². The van der Waals surface area contributed by atoms with E-state index in [4.69, 9.17) is 10.3 Å². The van der Waals surface area contributed by atoms with Crippen molar-refractivity contribution in [2.24, 2.45) is 11.1 Å². The first kappa shape index (κ1) is 13.5. The van der Waals surface area contributed by atoms with Crippen LogP contribution >= 0.6 is 0 Å². The summed E-state index contributed by atoms with van der Waals surface area (Å²) in [5, 5.41) is 4.15. The lowest BCUT2D eigenvalue weighted by Gasteiger charge is -2.32. The van der Waals surface area contributed by atoms with E-state index in [9.17, 15) is 0 Å². The summed E-state index contributed by atoms with van der Waals surface area (Å²) in [5.74, 6) is 2.21. The van der Waals surface area contributed by atoms with Crippen LogP contribution in [0.2, 0.25) is 0 Å². The molecular weight excluding hydrogens is 226 g/mol. The Morgan fingerprint density at radius 2 is 2.00 bits per heavy atom. The van der Waals surface area contributed by atoms with Gasteiger partial charge in [-0.15, -0.1) is 0 Å². The molecule has 1 aromatic rings. The van der Waals surface area contributed by atoms with Gasteiger partial charge in [0.05, 0.1) is 0 Å². The van der Waals surface area contributed by atoms with Crippen molar-refractivity contribution >= 4 is 0 Å². The number of aromatic nitrogens is 2. The van der Waals surface area contributed by atoms with E-state index in [-0.39, 0.29) is 0 Å². The van der Waals surface area contributed by atoms with Gasteiger partial charge in [-0.25, -0.2) is 0 Å². The summed E-state index contributed by atoms with van der Waals surface area (Å²) in [4.78, 5) is 4.53. The van der Waals surface area contributed by atoms with Crippen LogP contribution in [0.5, 0.6) is 0 Å². The summed E-state index contributed by atoms with van der Waals surface area (Å²) in [6.07, 6.45) is 7.82. The molecule has 0 bridgehead atoms. The van der Waals surface area contributed by atoms with E-state index in [0.29, 0.717) is 11.3 Å². The van der Waals surface area contributed by atoms with Crippen LogP contribution in [-0.2, 0) is 6.42 Å². The molecule has 1 fully saturated rings. The van der Waals surface area contributed by atoms with Crippen LogP contribution < -0.4 is 5.73 Å². The van der Waals surface area contributed by atoms with Gasteiger partial charge >= 0.3 is 0 Å². The Hall–Kier alpha value is -0.900. The molecule has 0 saturated heterocycles. The van der Waals surface area contributed by atoms with Gasteiger partial charge in [-0.1, -0.05) is 19.0 Å². The maximum absolute atomic E-state index is 5.47. The van der Waals surface area contributed by atoms with Gasteiger partial charge in [-0.3, -0.25) is 0 Å². The molecule has 2 N–H and O–H groups in total. The van der Waals surface area contributed by atoms with Gasteiger partial charge in [0.1, 0.15) is 0 Å². The number of nitrogens with two attached hydrogens (primary N) is 1. The molecule has 1 aliphatic rings. The van der Waals surface area contributed by atoms with Crippen molar-refractivity contribution < 1.29 is 4.52 Å². The largest absolute Gasteiger partial charge is 0.339 e. The molecule has 0 atom stereocenters. The van der Waals surface area contributed by atoms with E-state index in [1.165, 1.54) is 25.7 Å². The first-order valence-electron chi connectivity index (χ1n) is 7.13. The Morgan fingerprint density at radius 3 is 2.67 bits per heavy atom. The molecule has 1 heterocycles. The van der Waals surface area contributed by atoms with Crippen LogP contribution in [0.4, 0.5) is 0 Å². The number of rotatable bonds is 5. The Morgan fingerprint density at radius 1 is 1.28 bits per heavy atom. The van der Waals surface area contributed by atoms with Crippen LogP contribution in [-0.4, -0.2) is 16.7 Å².